The number of carboxylic acid groups (broad SMARTS) is 1. The molecule has 5 N–H and O–H groups in total. The van der Waals surface area contributed by atoms with E-state index in [0.29, 0.717) is 23.5 Å². The first kappa shape index (κ1) is 32.0. The fourth-order valence-corrected chi connectivity index (χ4v) is 5.97. The zero-order valence-electron chi connectivity index (χ0n) is 24.1. The Morgan fingerprint density at radius 2 is 1.70 bits per heavy atom. The molecule has 0 aliphatic heterocycles. The minimum atomic E-state index is -4.11. The van der Waals surface area contributed by atoms with Crippen molar-refractivity contribution >= 4 is 27.8 Å². The molecular formula is C31H33N5O7S. The molecule has 0 spiro atoms. The Bertz CT molecular complexity index is 1740. The Balaban J connectivity index is 1.55. The Hall–Kier alpha value is -4.88. The number of rotatable bonds is 13. The van der Waals surface area contributed by atoms with Crippen molar-refractivity contribution in [3.05, 3.63) is 101 Å². The Morgan fingerprint density at radius 1 is 1.00 bits per heavy atom. The third-order valence-corrected chi connectivity index (χ3v) is 8.29. The van der Waals surface area contributed by atoms with Gasteiger partial charge in [0.05, 0.1) is 28.5 Å². The summed E-state index contributed by atoms with van der Waals surface area (Å²) in [5.74, 6) is -2.72. The van der Waals surface area contributed by atoms with Gasteiger partial charge in [0.2, 0.25) is 5.91 Å². The first-order chi connectivity index (χ1) is 21.0. The third-order valence-electron chi connectivity index (χ3n) is 6.80. The lowest BCUT2D eigenvalue weighted by molar-refractivity contribution is -0.148. The Morgan fingerprint density at radius 3 is 2.34 bits per heavy atom. The molecule has 230 valence electrons. The zero-order chi connectivity index (χ0) is 31.9. The standard InChI is InChI=1S/C31H33N5O7S/c1-3-9-21-15-26(30(39)35-25(29(38)31(40)41)14-20-10-5-4-6-11-20)34-24(21)16-22-17-33-27(18-32-22)23-12-7-8-13-28(23)44(42,43)36-19(2)37/h4-8,10-13,15,17-18,25,29,34,38H,3,9,14,16H2,1-2H3,(H,35,39)(H,36,37)(H,40,41). The molecule has 2 heterocycles. The van der Waals surface area contributed by atoms with Crippen LogP contribution in [0.2, 0.25) is 0 Å². The van der Waals surface area contributed by atoms with Gasteiger partial charge in [0.15, 0.2) is 6.10 Å². The van der Waals surface area contributed by atoms with Crippen LogP contribution in [0.1, 0.15) is 53.3 Å². The smallest absolute Gasteiger partial charge is 0.334 e. The number of aromatic amines is 1. The van der Waals surface area contributed by atoms with Crippen molar-refractivity contribution in [3.8, 4) is 11.3 Å². The molecule has 0 aliphatic carbocycles. The predicted molar refractivity (Wildman–Crippen MR) is 161 cm³/mol. The maximum atomic E-state index is 13.2. The number of sulfonamides is 1. The molecule has 0 bridgehead atoms. The van der Waals surface area contributed by atoms with E-state index in [4.69, 9.17) is 0 Å². The number of aliphatic hydroxyl groups excluding tert-OH is 1. The molecule has 0 aliphatic rings. The number of carboxylic acids is 1. The van der Waals surface area contributed by atoms with Gasteiger partial charge in [0.25, 0.3) is 15.9 Å². The van der Waals surface area contributed by atoms with Gasteiger partial charge >= 0.3 is 5.97 Å². The van der Waals surface area contributed by atoms with Crippen LogP contribution in [0.4, 0.5) is 0 Å². The van der Waals surface area contributed by atoms with Gasteiger partial charge in [-0.2, -0.15) is 0 Å². The molecule has 2 amide bonds. The predicted octanol–water partition coefficient (Wildman–Crippen LogP) is 2.63. The van der Waals surface area contributed by atoms with E-state index < -0.39 is 40.0 Å². The maximum absolute atomic E-state index is 13.2. The topological polar surface area (TPSA) is 191 Å². The molecule has 0 saturated carbocycles. The summed E-state index contributed by atoms with van der Waals surface area (Å²) >= 11 is 0. The SMILES string of the molecule is CCCc1cc(C(=O)NC(Cc2ccccc2)C(O)C(=O)O)[nH]c1Cc1cnc(-c2ccccc2S(=O)(=O)NC(C)=O)cn1. The van der Waals surface area contributed by atoms with Crippen LogP contribution < -0.4 is 10.0 Å². The first-order valence-electron chi connectivity index (χ1n) is 13.9. The van der Waals surface area contributed by atoms with Crippen molar-refractivity contribution in [2.45, 2.75) is 56.6 Å². The van der Waals surface area contributed by atoms with Gasteiger partial charge in [-0.1, -0.05) is 61.9 Å². The lowest BCUT2D eigenvalue weighted by Crippen LogP contribution is -2.48. The minimum Gasteiger partial charge on any atom is -0.479 e. The van der Waals surface area contributed by atoms with Gasteiger partial charge in [0, 0.05) is 30.8 Å². The van der Waals surface area contributed by atoms with Crippen LogP contribution in [-0.2, 0) is 38.9 Å². The number of H-pyrrole nitrogens is 1. The number of hydrogen-bond acceptors (Lipinski definition) is 8. The first-order valence-corrected chi connectivity index (χ1v) is 15.4. The molecule has 4 rings (SSSR count). The quantitative estimate of drug-likeness (QED) is 0.150. The fourth-order valence-electron chi connectivity index (χ4n) is 4.76. The van der Waals surface area contributed by atoms with Crippen molar-refractivity contribution in [2.75, 3.05) is 0 Å². The van der Waals surface area contributed by atoms with Crippen molar-refractivity contribution in [1.82, 2.24) is 25.0 Å². The number of amides is 2. The molecule has 4 aromatic rings. The normalized spacial score (nSPS) is 12.7. The molecular weight excluding hydrogens is 586 g/mol. The maximum Gasteiger partial charge on any atom is 0.334 e. The van der Waals surface area contributed by atoms with Gasteiger partial charge < -0.3 is 20.5 Å². The van der Waals surface area contributed by atoms with E-state index in [1.807, 2.05) is 17.7 Å². The number of aromatic nitrogens is 3. The number of nitrogens with zero attached hydrogens (tertiary/aromatic N) is 2. The van der Waals surface area contributed by atoms with E-state index in [0.717, 1.165) is 24.5 Å². The highest BCUT2D eigenvalue weighted by atomic mass is 32.2. The number of benzene rings is 2. The summed E-state index contributed by atoms with van der Waals surface area (Å²) in [4.78, 5) is 48.1. The summed E-state index contributed by atoms with van der Waals surface area (Å²) in [6.45, 7) is 3.11. The summed E-state index contributed by atoms with van der Waals surface area (Å²) in [7, 11) is -4.11. The molecule has 0 radical (unpaired) electrons. The van der Waals surface area contributed by atoms with E-state index in [1.54, 1.807) is 48.5 Å². The van der Waals surface area contributed by atoms with Gasteiger partial charge in [-0.3, -0.25) is 19.6 Å². The number of hydrogen-bond donors (Lipinski definition) is 5. The van der Waals surface area contributed by atoms with Crippen LogP contribution in [0.5, 0.6) is 0 Å². The second-order valence-electron chi connectivity index (χ2n) is 10.2. The Labute approximate surface area is 254 Å². The second-order valence-corrected chi connectivity index (χ2v) is 11.9. The van der Waals surface area contributed by atoms with Crippen LogP contribution in [0, 0.1) is 0 Å². The van der Waals surface area contributed by atoms with Gasteiger partial charge in [-0.05, 0) is 36.1 Å². The van der Waals surface area contributed by atoms with Crippen LogP contribution in [-0.4, -0.2) is 63.5 Å². The van der Waals surface area contributed by atoms with Crippen molar-refractivity contribution < 1.29 is 33.0 Å². The highest BCUT2D eigenvalue weighted by Gasteiger charge is 2.29. The van der Waals surface area contributed by atoms with E-state index >= 15 is 0 Å². The molecule has 12 nitrogen and oxygen atoms in total. The van der Waals surface area contributed by atoms with Gasteiger partial charge in [-0.25, -0.2) is 17.9 Å². The minimum absolute atomic E-state index is 0.110. The van der Waals surface area contributed by atoms with Crippen molar-refractivity contribution in [2.24, 2.45) is 0 Å². The number of nitrogens with one attached hydrogen (secondary N) is 3. The third kappa shape index (κ3) is 7.94. The van der Waals surface area contributed by atoms with Crippen LogP contribution >= 0.6 is 0 Å². The molecule has 2 unspecified atom stereocenters. The summed E-state index contributed by atoms with van der Waals surface area (Å²) in [6, 6.07) is 15.7. The zero-order valence-corrected chi connectivity index (χ0v) is 25.0. The number of aliphatic hydroxyl groups is 1. The molecule has 44 heavy (non-hydrogen) atoms. The van der Waals surface area contributed by atoms with E-state index in [2.05, 4.69) is 20.3 Å². The van der Waals surface area contributed by atoms with E-state index in [-0.39, 0.29) is 29.0 Å². The fraction of sp³-hybridized carbons (Fsp3) is 0.258. The number of carbonyl (C=O) groups excluding carboxylic acids is 2. The van der Waals surface area contributed by atoms with E-state index in [1.165, 1.54) is 18.5 Å². The van der Waals surface area contributed by atoms with Crippen molar-refractivity contribution in [1.29, 1.82) is 0 Å². The van der Waals surface area contributed by atoms with Crippen LogP contribution in [0.15, 0.2) is 78.0 Å². The van der Waals surface area contributed by atoms with E-state index in [9.17, 15) is 33.0 Å². The van der Waals surface area contributed by atoms with Crippen LogP contribution in [0.25, 0.3) is 11.3 Å². The second kappa shape index (κ2) is 14.1. The Kier molecular flexibility index (Phi) is 10.2. The monoisotopic (exact) mass is 619 g/mol. The number of aliphatic carboxylic acids is 1. The van der Waals surface area contributed by atoms with Crippen LogP contribution in [0.3, 0.4) is 0 Å². The van der Waals surface area contributed by atoms with Gasteiger partial charge in [0.1, 0.15) is 5.69 Å². The molecule has 0 saturated heterocycles. The average Bonchev–Trinajstić information content (AvgIpc) is 3.39. The number of carbonyl (C=O) groups is 3. The molecule has 2 aromatic carbocycles. The number of aryl methyl sites for hydroxylation is 1. The van der Waals surface area contributed by atoms with Gasteiger partial charge in [-0.15, -0.1) is 0 Å². The average molecular weight is 620 g/mol. The summed E-state index contributed by atoms with van der Waals surface area (Å²) < 4.78 is 27.3. The van der Waals surface area contributed by atoms with Crippen molar-refractivity contribution in [3.63, 3.8) is 0 Å². The molecule has 0 fully saturated rings. The highest BCUT2D eigenvalue weighted by molar-refractivity contribution is 7.90. The molecule has 13 heteroatoms. The molecule has 2 aromatic heterocycles. The summed E-state index contributed by atoms with van der Waals surface area (Å²) in [5.41, 5.74) is 3.67. The lowest BCUT2D eigenvalue weighted by Gasteiger charge is -2.21. The summed E-state index contributed by atoms with van der Waals surface area (Å²) in [5, 5.41) is 22.4. The molecule has 2 atom stereocenters. The summed E-state index contributed by atoms with van der Waals surface area (Å²) in [6.07, 6.45) is 2.99. The largest absolute Gasteiger partial charge is 0.479 e. The lowest BCUT2D eigenvalue weighted by atomic mass is 10.0. The highest BCUT2D eigenvalue weighted by Crippen LogP contribution is 2.26.